The first-order valence-corrected chi connectivity index (χ1v) is 7.72. The Balaban J connectivity index is 1.69. The highest BCUT2D eigenvalue weighted by Gasteiger charge is 2.10. The molecule has 0 unspecified atom stereocenters. The zero-order valence-electron chi connectivity index (χ0n) is 12.3. The molecule has 0 saturated heterocycles. The quantitative estimate of drug-likeness (QED) is 0.709. The van der Waals surface area contributed by atoms with E-state index < -0.39 is 5.91 Å². The summed E-state index contributed by atoms with van der Waals surface area (Å²) >= 11 is 11.8. The molecule has 0 atom stereocenters. The van der Waals surface area contributed by atoms with Crippen molar-refractivity contribution in [3.63, 3.8) is 0 Å². The lowest BCUT2D eigenvalue weighted by Gasteiger charge is -2.07. The van der Waals surface area contributed by atoms with Crippen LogP contribution in [0, 0.1) is 0 Å². The van der Waals surface area contributed by atoms with Crippen LogP contribution in [-0.4, -0.2) is 15.9 Å². The molecule has 0 aliphatic heterocycles. The SMILES string of the molecule is O=C(Nc1cc(Cl)cc(Cl)c1)c1ccnc(NCc2ccco2)n1. The van der Waals surface area contributed by atoms with E-state index >= 15 is 0 Å². The van der Waals surface area contributed by atoms with Crippen LogP contribution in [0.3, 0.4) is 0 Å². The lowest BCUT2D eigenvalue weighted by atomic mass is 10.3. The number of halogens is 2. The van der Waals surface area contributed by atoms with E-state index in [-0.39, 0.29) is 5.69 Å². The van der Waals surface area contributed by atoms with Crippen LogP contribution in [0.25, 0.3) is 0 Å². The normalized spacial score (nSPS) is 10.4. The summed E-state index contributed by atoms with van der Waals surface area (Å²) in [4.78, 5) is 20.5. The molecular weight excluding hydrogens is 351 g/mol. The van der Waals surface area contributed by atoms with E-state index in [1.54, 1.807) is 30.5 Å². The number of amides is 1. The number of hydrogen-bond donors (Lipinski definition) is 2. The number of rotatable bonds is 5. The topological polar surface area (TPSA) is 80.0 Å². The van der Waals surface area contributed by atoms with Crippen LogP contribution in [-0.2, 0) is 6.54 Å². The summed E-state index contributed by atoms with van der Waals surface area (Å²) in [6.45, 7) is 0.419. The number of carbonyl (C=O) groups excluding carboxylic acids is 1. The number of nitrogens with one attached hydrogen (secondary N) is 2. The summed E-state index contributed by atoms with van der Waals surface area (Å²) in [5, 5.41) is 6.54. The molecular formula is C16H12Cl2N4O2. The Morgan fingerprint density at radius 1 is 1.17 bits per heavy atom. The van der Waals surface area contributed by atoms with Crippen molar-refractivity contribution in [2.45, 2.75) is 6.54 Å². The molecule has 2 aromatic heterocycles. The van der Waals surface area contributed by atoms with Gasteiger partial charge in [0.05, 0.1) is 12.8 Å². The number of benzene rings is 1. The summed E-state index contributed by atoms with van der Waals surface area (Å²) in [6, 6.07) is 9.91. The van der Waals surface area contributed by atoms with Gasteiger partial charge in [0, 0.05) is 21.9 Å². The smallest absolute Gasteiger partial charge is 0.274 e. The summed E-state index contributed by atoms with van der Waals surface area (Å²) in [6.07, 6.45) is 3.08. The van der Waals surface area contributed by atoms with E-state index in [9.17, 15) is 4.79 Å². The van der Waals surface area contributed by atoms with Gasteiger partial charge in [-0.2, -0.15) is 0 Å². The van der Waals surface area contributed by atoms with Crippen molar-refractivity contribution in [1.29, 1.82) is 0 Å². The van der Waals surface area contributed by atoms with Crippen LogP contribution < -0.4 is 10.6 Å². The zero-order chi connectivity index (χ0) is 16.9. The molecule has 3 aromatic rings. The third kappa shape index (κ3) is 4.24. The van der Waals surface area contributed by atoms with Gasteiger partial charge in [-0.15, -0.1) is 0 Å². The fourth-order valence-electron chi connectivity index (χ4n) is 1.97. The van der Waals surface area contributed by atoms with Gasteiger partial charge in [-0.1, -0.05) is 23.2 Å². The molecule has 3 rings (SSSR count). The van der Waals surface area contributed by atoms with Gasteiger partial charge >= 0.3 is 0 Å². The minimum atomic E-state index is -0.392. The first-order chi connectivity index (χ1) is 11.6. The minimum Gasteiger partial charge on any atom is -0.467 e. The molecule has 0 fully saturated rings. The Hall–Kier alpha value is -2.57. The number of carbonyl (C=O) groups is 1. The second-order valence-corrected chi connectivity index (χ2v) is 5.68. The van der Waals surface area contributed by atoms with E-state index in [1.165, 1.54) is 12.3 Å². The van der Waals surface area contributed by atoms with Crippen LogP contribution in [0.1, 0.15) is 16.2 Å². The second kappa shape index (κ2) is 7.33. The Bertz CT molecular complexity index is 833. The van der Waals surface area contributed by atoms with Crippen molar-refractivity contribution in [2.75, 3.05) is 10.6 Å². The molecule has 24 heavy (non-hydrogen) atoms. The largest absolute Gasteiger partial charge is 0.467 e. The van der Waals surface area contributed by atoms with Gasteiger partial charge < -0.3 is 15.1 Å². The van der Waals surface area contributed by atoms with Crippen LogP contribution in [0.15, 0.2) is 53.3 Å². The monoisotopic (exact) mass is 362 g/mol. The minimum absolute atomic E-state index is 0.211. The van der Waals surface area contributed by atoms with E-state index in [2.05, 4.69) is 20.6 Å². The van der Waals surface area contributed by atoms with Gasteiger partial charge in [-0.05, 0) is 36.4 Å². The molecule has 0 aliphatic carbocycles. The first kappa shape index (κ1) is 16.3. The molecule has 122 valence electrons. The Morgan fingerprint density at radius 3 is 2.67 bits per heavy atom. The highest BCUT2D eigenvalue weighted by atomic mass is 35.5. The van der Waals surface area contributed by atoms with E-state index in [0.29, 0.717) is 28.2 Å². The molecule has 0 aliphatic rings. The summed E-state index contributed by atoms with van der Waals surface area (Å²) in [5.74, 6) is 0.669. The Kier molecular flexibility index (Phi) is 4.98. The Labute approximate surface area is 147 Å². The molecule has 0 saturated carbocycles. The molecule has 0 radical (unpaired) electrons. The van der Waals surface area contributed by atoms with Crippen LogP contribution >= 0.6 is 23.2 Å². The van der Waals surface area contributed by atoms with E-state index in [1.807, 2.05) is 6.07 Å². The highest BCUT2D eigenvalue weighted by Crippen LogP contribution is 2.22. The molecule has 1 amide bonds. The molecule has 2 heterocycles. The maximum absolute atomic E-state index is 12.3. The van der Waals surface area contributed by atoms with Crippen molar-refractivity contribution >= 4 is 40.7 Å². The lowest BCUT2D eigenvalue weighted by molar-refractivity contribution is 0.102. The number of furan rings is 1. The number of anilines is 2. The van der Waals surface area contributed by atoms with E-state index in [0.717, 1.165) is 5.76 Å². The van der Waals surface area contributed by atoms with Crippen molar-refractivity contribution in [3.8, 4) is 0 Å². The molecule has 0 bridgehead atoms. The van der Waals surface area contributed by atoms with Crippen LogP contribution in [0.2, 0.25) is 10.0 Å². The maximum atomic E-state index is 12.3. The molecule has 8 heteroatoms. The predicted molar refractivity (Wildman–Crippen MR) is 92.5 cm³/mol. The fraction of sp³-hybridized carbons (Fsp3) is 0.0625. The van der Waals surface area contributed by atoms with Crippen molar-refractivity contribution < 1.29 is 9.21 Å². The van der Waals surface area contributed by atoms with Crippen LogP contribution in [0.5, 0.6) is 0 Å². The van der Waals surface area contributed by atoms with Crippen LogP contribution in [0.4, 0.5) is 11.6 Å². The second-order valence-electron chi connectivity index (χ2n) is 4.81. The average Bonchev–Trinajstić information content (AvgIpc) is 3.05. The fourth-order valence-corrected chi connectivity index (χ4v) is 2.50. The number of hydrogen-bond acceptors (Lipinski definition) is 5. The summed E-state index contributed by atoms with van der Waals surface area (Å²) < 4.78 is 5.21. The number of aromatic nitrogens is 2. The standard InChI is InChI=1S/C16H12Cl2N4O2/c17-10-6-11(18)8-12(7-10)21-15(23)14-3-4-19-16(22-14)20-9-13-2-1-5-24-13/h1-8H,9H2,(H,21,23)(H,19,20,22). The van der Waals surface area contributed by atoms with Crippen molar-refractivity contribution in [3.05, 3.63) is 70.4 Å². The zero-order valence-corrected chi connectivity index (χ0v) is 13.8. The predicted octanol–water partition coefficient (Wildman–Crippen LogP) is 4.24. The molecule has 6 nitrogen and oxygen atoms in total. The molecule has 2 N–H and O–H groups in total. The van der Waals surface area contributed by atoms with Gasteiger partial charge in [0.1, 0.15) is 11.5 Å². The van der Waals surface area contributed by atoms with Gasteiger partial charge in [0.25, 0.3) is 5.91 Å². The maximum Gasteiger partial charge on any atom is 0.274 e. The summed E-state index contributed by atoms with van der Waals surface area (Å²) in [7, 11) is 0. The van der Waals surface area contributed by atoms with E-state index in [4.69, 9.17) is 27.6 Å². The van der Waals surface area contributed by atoms with Gasteiger partial charge in [0.15, 0.2) is 0 Å². The summed E-state index contributed by atoms with van der Waals surface area (Å²) in [5.41, 5.74) is 0.698. The molecule has 0 spiro atoms. The lowest BCUT2D eigenvalue weighted by Crippen LogP contribution is -2.15. The first-order valence-electron chi connectivity index (χ1n) is 6.97. The number of nitrogens with zero attached hydrogens (tertiary/aromatic N) is 2. The van der Waals surface area contributed by atoms with Gasteiger partial charge in [-0.3, -0.25) is 4.79 Å². The van der Waals surface area contributed by atoms with Crippen molar-refractivity contribution in [1.82, 2.24) is 9.97 Å². The third-order valence-electron chi connectivity index (χ3n) is 3.01. The van der Waals surface area contributed by atoms with Gasteiger partial charge in [-0.25, -0.2) is 9.97 Å². The molecule has 1 aromatic carbocycles. The Morgan fingerprint density at radius 2 is 1.96 bits per heavy atom. The highest BCUT2D eigenvalue weighted by molar-refractivity contribution is 6.35. The van der Waals surface area contributed by atoms with Crippen molar-refractivity contribution in [2.24, 2.45) is 0 Å². The average molecular weight is 363 g/mol. The van der Waals surface area contributed by atoms with Gasteiger partial charge in [0.2, 0.25) is 5.95 Å². The third-order valence-corrected chi connectivity index (χ3v) is 3.45.